The predicted octanol–water partition coefficient (Wildman–Crippen LogP) is 3.22. The maximum Gasteiger partial charge on any atom is 0.0201 e. The van der Waals surface area contributed by atoms with E-state index in [1.165, 1.54) is 0 Å². The van der Waals surface area contributed by atoms with Crippen LogP contribution in [0, 0.1) is 7.05 Å². The number of nitrogens with one attached hydrogen (secondary N) is 2. The summed E-state index contributed by atoms with van der Waals surface area (Å²) in [4.78, 5) is 0.924. The zero-order valence-electron chi connectivity index (χ0n) is 8.56. The molecular formula is C9H10Cl2N2S2Zn-4. The molecule has 0 heterocycles. The van der Waals surface area contributed by atoms with Crippen molar-refractivity contribution in [3.63, 3.8) is 0 Å². The summed E-state index contributed by atoms with van der Waals surface area (Å²) < 4.78 is 0. The van der Waals surface area contributed by atoms with Crippen molar-refractivity contribution in [2.45, 2.75) is 9.79 Å². The molecule has 0 saturated carbocycles. The summed E-state index contributed by atoms with van der Waals surface area (Å²) in [5.41, 5.74) is 6.50. The first-order valence-electron chi connectivity index (χ1n) is 4.01. The van der Waals surface area contributed by atoms with Crippen LogP contribution in [0.1, 0.15) is 0 Å². The maximum atomic E-state index is 6.50. The van der Waals surface area contributed by atoms with E-state index in [0.29, 0.717) is 32.9 Å². The minimum Gasteiger partial charge on any atom is -0.780 e. The summed E-state index contributed by atoms with van der Waals surface area (Å²) in [5.74, 6) is 0. The van der Waals surface area contributed by atoms with Gasteiger partial charge in [-0.15, -0.1) is 6.54 Å². The molecule has 0 unspecified atom stereocenters. The third-order valence-electron chi connectivity index (χ3n) is 1.32. The molecule has 0 atom stereocenters. The molecule has 0 aromatic heterocycles. The van der Waals surface area contributed by atoms with Crippen molar-refractivity contribution < 1.29 is 19.5 Å². The fraction of sp³-hybridized carbons (Fsp3) is 0.222. The van der Waals surface area contributed by atoms with E-state index in [4.69, 9.17) is 54.2 Å². The Bertz CT molecular complexity index is 285. The topological polar surface area (TPSA) is 35.8 Å². The molecule has 0 amide bonds. The van der Waals surface area contributed by atoms with Gasteiger partial charge in [-0.1, -0.05) is 29.7 Å². The molecule has 0 aliphatic heterocycles. The molecule has 0 aliphatic carbocycles. The van der Waals surface area contributed by atoms with Crippen LogP contribution < -0.4 is 5.32 Å². The standard InChI is InChI=1S/C6H4Cl2S2.C3H8N2.Zn/c7-3-1-2-4(8)6(10)5(3)9;1-5-3-2-4;/h1-2,9-10H;4-5H,1-3H2;/q;-2;/p-2. The van der Waals surface area contributed by atoms with Crippen LogP contribution in [0.3, 0.4) is 0 Å². The molecule has 1 rings (SSSR count). The van der Waals surface area contributed by atoms with Crippen LogP contribution in [0.4, 0.5) is 0 Å². The molecule has 1 aromatic rings. The summed E-state index contributed by atoms with van der Waals surface area (Å²) in [7, 11) is 3.31. The van der Waals surface area contributed by atoms with Gasteiger partial charge < -0.3 is 36.3 Å². The Labute approximate surface area is 130 Å². The van der Waals surface area contributed by atoms with E-state index in [1.54, 1.807) is 12.1 Å². The van der Waals surface area contributed by atoms with Crippen molar-refractivity contribution in [1.29, 1.82) is 0 Å². The fourth-order valence-corrected chi connectivity index (χ4v) is 1.39. The van der Waals surface area contributed by atoms with Crippen molar-refractivity contribution in [2.75, 3.05) is 13.1 Å². The summed E-state index contributed by atoms with van der Waals surface area (Å²) in [6.07, 6.45) is 0. The quantitative estimate of drug-likeness (QED) is 0.507. The second kappa shape index (κ2) is 10.9. The SMILES string of the molecule is [CH2-]NCC[NH-].[S-]c1c(Cl)ccc(Cl)c1[S-].[Zn]. The number of hydrogen-bond donors (Lipinski definition) is 1. The molecule has 88 valence electrons. The second-order valence-electron chi connectivity index (χ2n) is 2.44. The van der Waals surface area contributed by atoms with Crippen LogP contribution in [0.25, 0.3) is 5.73 Å². The van der Waals surface area contributed by atoms with Crippen LogP contribution in [0.15, 0.2) is 21.9 Å². The number of hydrogen-bond acceptors (Lipinski definition) is 3. The maximum absolute atomic E-state index is 6.50. The Hall–Kier alpha value is 0.783. The van der Waals surface area contributed by atoms with E-state index in [9.17, 15) is 0 Å². The molecule has 2 N–H and O–H groups in total. The van der Waals surface area contributed by atoms with Gasteiger partial charge >= 0.3 is 0 Å². The third-order valence-corrected chi connectivity index (χ3v) is 3.15. The fourth-order valence-electron chi connectivity index (χ4n) is 0.603. The van der Waals surface area contributed by atoms with Crippen molar-refractivity contribution in [2.24, 2.45) is 0 Å². The van der Waals surface area contributed by atoms with E-state index in [-0.39, 0.29) is 19.5 Å². The summed E-state index contributed by atoms with van der Waals surface area (Å²) in [6, 6.07) is 3.28. The molecule has 0 spiro atoms. The summed E-state index contributed by atoms with van der Waals surface area (Å²) in [6.45, 7) is 1.11. The van der Waals surface area contributed by atoms with Crippen LogP contribution in [0.2, 0.25) is 10.0 Å². The van der Waals surface area contributed by atoms with Crippen molar-refractivity contribution >= 4 is 48.5 Å². The van der Waals surface area contributed by atoms with Gasteiger partial charge in [-0.25, -0.2) is 0 Å². The van der Waals surface area contributed by atoms with Crippen molar-refractivity contribution in [3.05, 3.63) is 35.0 Å². The van der Waals surface area contributed by atoms with Gasteiger partial charge in [0.05, 0.1) is 0 Å². The average molecular weight is 347 g/mol. The Morgan fingerprint density at radius 2 is 1.56 bits per heavy atom. The Balaban J connectivity index is 0. The van der Waals surface area contributed by atoms with Gasteiger partial charge in [0.1, 0.15) is 0 Å². The number of rotatable bonds is 2. The van der Waals surface area contributed by atoms with E-state index < -0.39 is 0 Å². The third kappa shape index (κ3) is 7.18. The molecule has 1 aromatic carbocycles. The number of benzene rings is 1. The van der Waals surface area contributed by atoms with Gasteiger partial charge in [0.25, 0.3) is 0 Å². The molecule has 2 nitrogen and oxygen atoms in total. The monoisotopic (exact) mass is 344 g/mol. The first kappa shape index (κ1) is 19.1. The largest absolute Gasteiger partial charge is 0.780 e. The van der Waals surface area contributed by atoms with Gasteiger partial charge in [0.15, 0.2) is 0 Å². The zero-order valence-corrected chi connectivity index (χ0v) is 14.7. The molecule has 16 heavy (non-hydrogen) atoms. The van der Waals surface area contributed by atoms with E-state index in [2.05, 4.69) is 12.4 Å². The minimum atomic E-state index is 0. The zero-order chi connectivity index (χ0) is 11.8. The predicted molar refractivity (Wildman–Crippen MR) is 70.3 cm³/mol. The van der Waals surface area contributed by atoms with Gasteiger partial charge in [-0.2, -0.15) is 9.79 Å². The van der Waals surface area contributed by atoms with Crippen LogP contribution in [-0.4, -0.2) is 13.1 Å². The van der Waals surface area contributed by atoms with E-state index in [1.807, 2.05) is 0 Å². The number of halogens is 2. The molecule has 0 aliphatic rings. The minimum absolute atomic E-state index is 0. The average Bonchev–Trinajstić information content (AvgIpc) is 2.23. The van der Waals surface area contributed by atoms with Crippen LogP contribution in [-0.2, 0) is 44.7 Å². The molecule has 0 bridgehead atoms. The van der Waals surface area contributed by atoms with Gasteiger partial charge in [0.2, 0.25) is 0 Å². The van der Waals surface area contributed by atoms with Crippen molar-refractivity contribution in [1.82, 2.24) is 5.32 Å². The van der Waals surface area contributed by atoms with Gasteiger partial charge in [-0.3, -0.25) is 7.05 Å². The molecule has 0 fully saturated rings. The first-order valence-corrected chi connectivity index (χ1v) is 5.58. The Kier molecular flexibility index (Phi) is 13.0. The van der Waals surface area contributed by atoms with Gasteiger partial charge in [0, 0.05) is 29.5 Å². The van der Waals surface area contributed by atoms with Crippen LogP contribution >= 0.6 is 23.2 Å². The smallest absolute Gasteiger partial charge is 0.0201 e. The molecule has 7 heteroatoms. The van der Waals surface area contributed by atoms with Crippen molar-refractivity contribution in [3.8, 4) is 0 Å². The molecular weight excluding hydrogens is 337 g/mol. The van der Waals surface area contributed by atoms with Gasteiger partial charge in [-0.05, 0) is 12.1 Å². The second-order valence-corrected chi connectivity index (χ2v) is 4.07. The Morgan fingerprint density at radius 1 is 1.19 bits per heavy atom. The Morgan fingerprint density at radius 3 is 1.75 bits per heavy atom. The van der Waals surface area contributed by atoms with E-state index in [0.717, 1.165) is 0 Å². The summed E-state index contributed by atoms with van der Waals surface area (Å²) in [5, 5.41) is 3.56. The molecule has 0 saturated heterocycles. The van der Waals surface area contributed by atoms with Crippen LogP contribution in [0.5, 0.6) is 0 Å². The first-order chi connectivity index (χ1) is 7.04. The molecule has 0 radical (unpaired) electrons. The normalized spacial score (nSPS) is 8.75. The van der Waals surface area contributed by atoms with E-state index >= 15 is 0 Å². The summed E-state index contributed by atoms with van der Waals surface area (Å²) >= 11 is 21.0.